The van der Waals surface area contributed by atoms with Crippen LogP contribution < -0.4 is 4.90 Å². The molecule has 2 aromatic rings. The van der Waals surface area contributed by atoms with Crippen molar-refractivity contribution in [3.63, 3.8) is 0 Å². The van der Waals surface area contributed by atoms with Gasteiger partial charge in [-0.2, -0.15) is 0 Å². The summed E-state index contributed by atoms with van der Waals surface area (Å²) in [4.78, 5) is 2.02. The van der Waals surface area contributed by atoms with E-state index in [1.54, 1.807) is 0 Å². The number of hydrogen-bond acceptors (Lipinski definition) is 2. The van der Waals surface area contributed by atoms with Crippen molar-refractivity contribution in [1.82, 2.24) is 0 Å². The second-order valence-electron chi connectivity index (χ2n) is 5.01. The van der Waals surface area contributed by atoms with Crippen LogP contribution >= 0.6 is 0 Å². The van der Waals surface area contributed by atoms with Crippen LogP contribution in [-0.4, -0.2) is 12.2 Å². The average molecular weight is 273 g/mol. The lowest BCUT2D eigenvalue weighted by molar-refractivity contribution is 0.459. The van der Waals surface area contributed by atoms with Gasteiger partial charge in [0.15, 0.2) is 0 Å². The topological polar surface area (TPSA) is 23.5 Å². The Bertz CT molecular complexity index is 580. The van der Waals surface area contributed by atoms with E-state index >= 15 is 0 Å². The van der Waals surface area contributed by atoms with Crippen LogP contribution in [0.4, 0.5) is 10.1 Å². The van der Waals surface area contributed by atoms with Gasteiger partial charge in [0, 0.05) is 18.3 Å². The van der Waals surface area contributed by atoms with Crippen LogP contribution in [0.3, 0.4) is 0 Å². The molecule has 1 N–H and O–H groups in total. The Balaban J connectivity index is 2.26. The first-order valence-corrected chi connectivity index (χ1v) is 6.83. The highest BCUT2D eigenvalue weighted by Crippen LogP contribution is 2.31. The molecule has 0 aliphatic rings. The fraction of sp³-hybridized carbons (Fsp3) is 0.294. The maximum atomic E-state index is 13.3. The van der Waals surface area contributed by atoms with E-state index in [-0.39, 0.29) is 17.6 Å². The minimum absolute atomic E-state index is 0.113. The lowest BCUT2D eigenvalue weighted by Gasteiger charge is -2.28. The third kappa shape index (κ3) is 2.93. The van der Waals surface area contributed by atoms with E-state index in [2.05, 4.69) is 19.1 Å². The molecule has 0 amide bonds. The molecule has 0 aliphatic carbocycles. The average Bonchev–Trinajstić information content (AvgIpc) is 2.48. The molecule has 1 unspecified atom stereocenters. The van der Waals surface area contributed by atoms with Crippen molar-refractivity contribution in [3.8, 4) is 5.75 Å². The molecule has 0 aliphatic heterocycles. The monoisotopic (exact) mass is 273 g/mol. The van der Waals surface area contributed by atoms with Crippen molar-refractivity contribution in [2.75, 3.05) is 11.9 Å². The Morgan fingerprint density at radius 1 is 1.15 bits per heavy atom. The molecule has 0 bridgehead atoms. The molecule has 0 radical (unpaired) electrons. The van der Waals surface area contributed by atoms with E-state index in [4.69, 9.17) is 0 Å². The molecule has 106 valence electrons. The fourth-order valence-corrected chi connectivity index (χ4v) is 2.26. The highest BCUT2D eigenvalue weighted by Gasteiger charge is 2.16. The lowest BCUT2D eigenvalue weighted by atomic mass is 10.0. The largest absolute Gasteiger partial charge is 0.508 e. The number of halogens is 1. The summed E-state index contributed by atoms with van der Waals surface area (Å²) in [6.07, 6.45) is 1.00. The molecular weight excluding hydrogens is 253 g/mol. The highest BCUT2D eigenvalue weighted by molar-refractivity contribution is 5.50. The van der Waals surface area contributed by atoms with Crippen molar-refractivity contribution in [2.24, 2.45) is 0 Å². The van der Waals surface area contributed by atoms with Gasteiger partial charge in [-0.15, -0.1) is 0 Å². The Labute approximate surface area is 119 Å². The normalized spacial score (nSPS) is 12.2. The zero-order chi connectivity index (χ0) is 14.7. The van der Waals surface area contributed by atoms with Gasteiger partial charge in [-0.1, -0.05) is 19.1 Å². The number of rotatable bonds is 4. The van der Waals surface area contributed by atoms with Gasteiger partial charge in [0.25, 0.3) is 0 Å². The van der Waals surface area contributed by atoms with Gasteiger partial charge in [0.05, 0.1) is 6.04 Å². The molecule has 1 atom stereocenters. The van der Waals surface area contributed by atoms with E-state index in [9.17, 15) is 9.50 Å². The maximum absolute atomic E-state index is 13.3. The van der Waals surface area contributed by atoms with Gasteiger partial charge in [0.1, 0.15) is 11.6 Å². The van der Waals surface area contributed by atoms with Gasteiger partial charge in [-0.05, 0) is 49.2 Å². The van der Waals surface area contributed by atoms with E-state index in [1.807, 2.05) is 31.0 Å². The number of anilines is 1. The SMILES string of the molecule is CCc1ccc(N(C)C(C)c2cc(F)ccc2O)cc1. The van der Waals surface area contributed by atoms with Crippen LogP contribution in [0.1, 0.15) is 31.0 Å². The number of nitrogens with zero attached hydrogens (tertiary/aromatic N) is 1. The van der Waals surface area contributed by atoms with E-state index in [1.165, 1.54) is 23.8 Å². The molecule has 2 nitrogen and oxygen atoms in total. The van der Waals surface area contributed by atoms with Crippen molar-refractivity contribution in [3.05, 3.63) is 59.4 Å². The minimum Gasteiger partial charge on any atom is -0.508 e. The molecular formula is C17H20FNO. The molecule has 0 saturated heterocycles. The Morgan fingerprint density at radius 3 is 2.40 bits per heavy atom. The van der Waals surface area contributed by atoms with Crippen molar-refractivity contribution in [1.29, 1.82) is 0 Å². The van der Waals surface area contributed by atoms with Crippen molar-refractivity contribution < 1.29 is 9.50 Å². The van der Waals surface area contributed by atoms with Crippen LogP contribution in [0.15, 0.2) is 42.5 Å². The number of phenolic OH excluding ortho intramolecular Hbond substituents is 1. The third-order valence-electron chi connectivity index (χ3n) is 3.77. The molecule has 20 heavy (non-hydrogen) atoms. The first kappa shape index (κ1) is 14.4. The molecule has 2 rings (SSSR count). The number of aryl methyl sites for hydroxylation is 1. The van der Waals surface area contributed by atoms with Crippen LogP contribution in [-0.2, 0) is 6.42 Å². The van der Waals surface area contributed by atoms with Crippen LogP contribution in [0, 0.1) is 5.82 Å². The first-order chi connectivity index (χ1) is 9.52. The summed E-state index contributed by atoms with van der Waals surface area (Å²) in [6, 6.07) is 12.2. The summed E-state index contributed by atoms with van der Waals surface area (Å²) in [5.74, 6) is -0.213. The molecule has 0 aromatic heterocycles. The smallest absolute Gasteiger partial charge is 0.123 e. The summed E-state index contributed by atoms with van der Waals surface area (Å²) in [5.41, 5.74) is 2.91. The number of aromatic hydroxyl groups is 1. The second-order valence-corrected chi connectivity index (χ2v) is 5.01. The summed E-state index contributed by atoms with van der Waals surface area (Å²) in [5, 5.41) is 9.89. The number of phenols is 1. The third-order valence-corrected chi connectivity index (χ3v) is 3.77. The van der Waals surface area contributed by atoms with Gasteiger partial charge < -0.3 is 10.0 Å². The van der Waals surface area contributed by atoms with Gasteiger partial charge in [-0.3, -0.25) is 0 Å². The Hall–Kier alpha value is -2.03. The van der Waals surface area contributed by atoms with Crippen molar-refractivity contribution >= 4 is 5.69 Å². The number of benzene rings is 2. The molecule has 0 fully saturated rings. The van der Waals surface area contributed by atoms with E-state index in [0.29, 0.717) is 5.56 Å². The predicted molar refractivity (Wildman–Crippen MR) is 80.7 cm³/mol. The summed E-state index contributed by atoms with van der Waals surface area (Å²) in [7, 11) is 1.94. The summed E-state index contributed by atoms with van der Waals surface area (Å²) >= 11 is 0. The van der Waals surface area contributed by atoms with Crippen LogP contribution in [0.2, 0.25) is 0 Å². The Kier molecular flexibility index (Phi) is 4.28. The second kappa shape index (κ2) is 5.95. The van der Waals surface area contributed by atoms with Crippen LogP contribution in [0.5, 0.6) is 5.75 Å². The molecule has 0 saturated carbocycles. The van der Waals surface area contributed by atoms with Gasteiger partial charge in [-0.25, -0.2) is 4.39 Å². The minimum atomic E-state index is -0.334. The maximum Gasteiger partial charge on any atom is 0.123 e. The van der Waals surface area contributed by atoms with Gasteiger partial charge in [0.2, 0.25) is 0 Å². The molecule has 2 aromatic carbocycles. The van der Waals surface area contributed by atoms with Gasteiger partial charge >= 0.3 is 0 Å². The van der Waals surface area contributed by atoms with Crippen molar-refractivity contribution in [2.45, 2.75) is 26.3 Å². The van der Waals surface area contributed by atoms with Crippen LogP contribution in [0.25, 0.3) is 0 Å². The Morgan fingerprint density at radius 2 is 1.80 bits per heavy atom. The van der Waals surface area contributed by atoms with E-state index < -0.39 is 0 Å². The zero-order valence-electron chi connectivity index (χ0n) is 12.1. The standard InChI is InChI=1S/C17H20FNO/c1-4-13-5-8-15(9-6-13)19(3)12(2)16-11-14(18)7-10-17(16)20/h5-12,20H,4H2,1-3H3. The molecule has 0 spiro atoms. The molecule has 3 heteroatoms. The summed E-state index contributed by atoms with van der Waals surface area (Å²) < 4.78 is 13.3. The first-order valence-electron chi connectivity index (χ1n) is 6.83. The number of hydrogen-bond donors (Lipinski definition) is 1. The quantitative estimate of drug-likeness (QED) is 0.898. The van der Waals surface area contributed by atoms with E-state index in [0.717, 1.165) is 12.1 Å². The molecule has 0 heterocycles. The lowest BCUT2D eigenvalue weighted by Crippen LogP contribution is -2.21. The zero-order valence-corrected chi connectivity index (χ0v) is 12.1. The predicted octanol–water partition coefficient (Wildman–Crippen LogP) is 4.29. The summed E-state index contributed by atoms with van der Waals surface area (Å²) in [6.45, 7) is 4.06. The fourth-order valence-electron chi connectivity index (χ4n) is 2.26. The highest BCUT2D eigenvalue weighted by atomic mass is 19.1.